The van der Waals surface area contributed by atoms with Crippen LogP contribution in [0.1, 0.15) is 12.0 Å². The number of nitrogens with zero attached hydrogens (tertiary/aromatic N) is 1. The van der Waals surface area contributed by atoms with E-state index >= 15 is 0 Å². The van der Waals surface area contributed by atoms with Crippen LogP contribution in [0.3, 0.4) is 0 Å². The van der Waals surface area contributed by atoms with Crippen LogP contribution in [0, 0.1) is 18.3 Å². The quantitative estimate of drug-likeness (QED) is 0.567. The molecule has 2 nitrogen and oxygen atoms in total. The second kappa shape index (κ2) is 4.59. The lowest BCUT2D eigenvalue weighted by Gasteiger charge is -2.16. The van der Waals surface area contributed by atoms with Crippen molar-refractivity contribution < 1.29 is 4.79 Å². The van der Waals surface area contributed by atoms with E-state index in [4.69, 9.17) is 18.0 Å². The van der Waals surface area contributed by atoms with Gasteiger partial charge >= 0.3 is 0 Å². The highest BCUT2D eigenvalue weighted by Crippen LogP contribution is 2.26. The Morgan fingerprint density at radius 2 is 2.38 bits per heavy atom. The first-order valence-corrected chi connectivity index (χ1v) is 5.71. The number of carbonyl (C=O) groups is 1. The summed E-state index contributed by atoms with van der Waals surface area (Å²) < 4.78 is 0. The highest BCUT2D eigenvalue weighted by molar-refractivity contribution is 6.18. The maximum atomic E-state index is 11.8. The highest BCUT2D eigenvalue weighted by atomic mass is 35.5. The van der Waals surface area contributed by atoms with Gasteiger partial charge in [-0.25, -0.2) is 0 Å². The first-order chi connectivity index (χ1) is 7.74. The Kier molecular flexibility index (Phi) is 3.17. The molecular formula is C13H12ClNO. The number of rotatable bonds is 2. The Morgan fingerprint density at radius 3 is 3.00 bits per heavy atom. The molecule has 1 saturated heterocycles. The predicted octanol–water partition coefficient (Wildman–Crippen LogP) is 2.26. The van der Waals surface area contributed by atoms with E-state index in [0.717, 1.165) is 11.3 Å². The van der Waals surface area contributed by atoms with Gasteiger partial charge in [0.15, 0.2) is 0 Å². The Morgan fingerprint density at radius 1 is 1.56 bits per heavy atom. The van der Waals surface area contributed by atoms with Gasteiger partial charge in [-0.1, -0.05) is 12.0 Å². The Labute approximate surface area is 100 Å². The minimum absolute atomic E-state index is 0.125. The van der Waals surface area contributed by atoms with Gasteiger partial charge < -0.3 is 4.90 Å². The van der Waals surface area contributed by atoms with Crippen molar-refractivity contribution in [3.05, 3.63) is 29.8 Å². The van der Waals surface area contributed by atoms with E-state index in [1.807, 2.05) is 24.3 Å². The molecule has 1 atom stereocenters. The van der Waals surface area contributed by atoms with E-state index in [9.17, 15) is 4.79 Å². The van der Waals surface area contributed by atoms with Gasteiger partial charge in [0.1, 0.15) is 0 Å². The molecule has 3 heteroatoms. The van der Waals surface area contributed by atoms with E-state index in [0.29, 0.717) is 18.8 Å². The van der Waals surface area contributed by atoms with Gasteiger partial charge in [-0.15, -0.1) is 18.0 Å². The fraction of sp³-hybridized carbons (Fsp3) is 0.308. The summed E-state index contributed by atoms with van der Waals surface area (Å²) in [7, 11) is 0. The summed E-state index contributed by atoms with van der Waals surface area (Å²) in [6.45, 7) is 0.691. The van der Waals surface area contributed by atoms with Crippen molar-refractivity contribution in [2.75, 3.05) is 17.3 Å². The molecule has 16 heavy (non-hydrogen) atoms. The van der Waals surface area contributed by atoms with Crippen LogP contribution in [0.25, 0.3) is 0 Å². The fourth-order valence-electron chi connectivity index (χ4n) is 1.90. The molecule has 1 fully saturated rings. The van der Waals surface area contributed by atoms with Gasteiger partial charge in [0.05, 0.1) is 0 Å². The number of anilines is 1. The van der Waals surface area contributed by atoms with Crippen molar-refractivity contribution in [2.24, 2.45) is 5.92 Å². The van der Waals surface area contributed by atoms with Crippen molar-refractivity contribution in [3.8, 4) is 12.3 Å². The Bertz CT molecular complexity index is 449. The number of alkyl halides is 1. The second-order valence-electron chi connectivity index (χ2n) is 3.92. The normalized spacial score (nSPS) is 19.9. The lowest BCUT2D eigenvalue weighted by molar-refractivity contribution is -0.117. The molecule has 0 bridgehead atoms. The van der Waals surface area contributed by atoms with E-state index in [1.54, 1.807) is 4.90 Å². The summed E-state index contributed by atoms with van der Waals surface area (Å²) in [6.07, 6.45) is 5.86. The molecule has 0 aromatic heterocycles. The predicted molar refractivity (Wildman–Crippen MR) is 65.6 cm³/mol. The van der Waals surface area contributed by atoms with E-state index < -0.39 is 0 Å². The summed E-state index contributed by atoms with van der Waals surface area (Å²) in [5.41, 5.74) is 1.66. The van der Waals surface area contributed by atoms with E-state index in [2.05, 4.69) is 5.92 Å². The first kappa shape index (κ1) is 11.0. The maximum absolute atomic E-state index is 11.8. The average molecular weight is 234 g/mol. The van der Waals surface area contributed by atoms with Crippen molar-refractivity contribution >= 4 is 23.2 Å². The monoisotopic (exact) mass is 233 g/mol. The van der Waals surface area contributed by atoms with Gasteiger partial charge in [0, 0.05) is 30.1 Å². The Balaban J connectivity index is 2.25. The lowest BCUT2D eigenvalue weighted by atomic mass is 10.1. The maximum Gasteiger partial charge on any atom is 0.227 e. The van der Waals surface area contributed by atoms with E-state index in [-0.39, 0.29) is 11.8 Å². The number of carbonyl (C=O) groups excluding carboxylic acids is 1. The summed E-state index contributed by atoms with van der Waals surface area (Å²) in [5.74, 6) is 3.47. The Hall–Kier alpha value is -1.46. The molecule has 1 unspecified atom stereocenters. The number of hydrogen-bond acceptors (Lipinski definition) is 1. The molecular weight excluding hydrogens is 222 g/mol. The fourth-order valence-corrected chi connectivity index (χ4v) is 2.10. The zero-order valence-corrected chi connectivity index (χ0v) is 9.57. The first-order valence-electron chi connectivity index (χ1n) is 5.17. The number of halogens is 1. The molecule has 1 aliphatic rings. The molecule has 1 heterocycles. The van der Waals surface area contributed by atoms with Crippen LogP contribution in [0.15, 0.2) is 24.3 Å². The van der Waals surface area contributed by atoms with E-state index in [1.165, 1.54) is 0 Å². The van der Waals surface area contributed by atoms with Crippen molar-refractivity contribution in [2.45, 2.75) is 6.42 Å². The zero-order chi connectivity index (χ0) is 11.5. The molecule has 0 saturated carbocycles. The molecule has 0 N–H and O–H groups in total. The average Bonchev–Trinajstić information content (AvgIpc) is 2.71. The zero-order valence-electron chi connectivity index (χ0n) is 8.82. The molecule has 0 aliphatic carbocycles. The number of amides is 1. The summed E-state index contributed by atoms with van der Waals surface area (Å²) in [6, 6.07) is 7.47. The van der Waals surface area contributed by atoms with Crippen molar-refractivity contribution in [3.63, 3.8) is 0 Å². The standard InChI is InChI=1S/C13H12ClNO/c1-2-10-4-3-5-12(6-10)15-9-11(8-14)7-13(15)16/h1,3-6,11H,7-9H2. The van der Waals surface area contributed by atoms with Crippen LogP contribution in [-0.2, 0) is 4.79 Å². The topological polar surface area (TPSA) is 20.3 Å². The van der Waals surface area contributed by atoms with Crippen LogP contribution in [0.2, 0.25) is 0 Å². The molecule has 1 aliphatic heterocycles. The highest BCUT2D eigenvalue weighted by Gasteiger charge is 2.29. The van der Waals surface area contributed by atoms with Crippen LogP contribution in [0.5, 0.6) is 0 Å². The van der Waals surface area contributed by atoms with Crippen LogP contribution in [0.4, 0.5) is 5.69 Å². The summed E-state index contributed by atoms with van der Waals surface area (Å²) in [5, 5.41) is 0. The van der Waals surface area contributed by atoms with Gasteiger partial charge in [-0.2, -0.15) is 0 Å². The van der Waals surface area contributed by atoms with Crippen molar-refractivity contribution in [1.29, 1.82) is 0 Å². The van der Waals surface area contributed by atoms with Gasteiger partial charge in [-0.05, 0) is 24.1 Å². The van der Waals surface area contributed by atoms with Gasteiger partial charge in [0.2, 0.25) is 5.91 Å². The lowest BCUT2D eigenvalue weighted by Crippen LogP contribution is -2.24. The minimum atomic E-state index is 0.125. The third-order valence-corrected chi connectivity index (χ3v) is 3.18. The third-order valence-electron chi connectivity index (χ3n) is 2.75. The molecule has 0 spiro atoms. The van der Waals surface area contributed by atoms with Gasteiger partial charge in [0.25, 0.3) is 0 Å². The number of hydrogen-bond donors (Lipinski definition) is 0. The van der Waals surface area contributed by atoms with Crippen molar-refractivity contribution in [1.82, 2.24) is 0 Å². The molecule has 82 valence electrons. The molecule has 1 aromatic rings. The van der Waals surface area contributed by atoms with Gasteiger partial charge in [-0.3, -0.25) is 4.79 Å². The molecule has 1 aromatic carbocycles. The molecule has 2 rings (SSSR count). The molecule has 0 radical (unpaired) electrons. The smallest absolute Gasteiger partial charge is 0.227 e. The summed E-state index contributed by atoms with van der Waals surface area (Å²) >= 11 is 5.77. The van der Waals surface area contributed by atoms with Crippen LogP contribution >= 0.6 is 11.6 Å². The SMILES string of the molecule is C#Cc1cccc(N2CC(CCl)CC2=O)c1. The third kappa shape index (κ3) is 2.05. The van der Waals surface area contributed by atoms with Crippen LogP contribution < -0.4 is 4.90 Å². The largest absolute Gasteiger partial charge is 0.312 e. The summed E-state index contributed by atoms with van der Waals surface area (Å²) in [4.78, 5) is 13.5. The molecule has 1 amide bonds. The minimum Gasteiger partial charge on any atom is -0.312 e. The second-order valence-corrected chi connectivity index (χ2v) is 4.23. The number of benzene rings is 1. The number of terminal acetylenes is 1. The van der Waals surface area contributed by atoms with Crippen LogP contribution in [-0.4, -0.2) is 18.3 Å².